The van der Waals surface area contributed by atoms with Gasteiger partial charge in [-0.25, -0.2) is 0 Å². The first-order valence-electron chi connectivity index (χ1n) is 6.66. The standard InChI is InChI=1S/C15H19BrClN3/c1-4-12-14(16)13(20(3)19-12)8-11(18)10-7-5-6-9(2)15(10)17/h5-7,11H,4,8,18H2,1-3H3. The SMILES string of the molecule is CCc1nn(C)c(CC(N)c2cccc(C)c2Cl)c1Br. The molecule has 1 aromatic carbocycles. The maximum atomic E-state index is 6.35. The van der Waals surface area contributed by atoms with Crippen molar-refractivity contribution in [3.8, 4) is 0 Å². The van der Waals surface area contributed by atoms with Gasteiger partial charge >= 0.3 is 0 Å². The highest BCUT2D eigenvalue weighted by atomic mass is 79.9. The zero-order valence-corrected chi connectivity index (χ0v) is 14.3. The van der Waals surface area contributed by atoms with Gasteiger partial charge in [0.15, 0.2) is 0 Å². The lowest BCUT2D eigenvalue weighted by Gasteiger charge is -2.15. The first-order valence-corrected chi connectivity index (χ1v) is 7.83. The predicted molar refractivity (Wildman–Crippen MR) is 87.1 cm³/mol. The Morgan fingerprint density at radius 3 is 2.75 bits per heavy atom. The van der Waals surface area contributed by atoms with Crippen molar-refractivity contribution >= 4 is 27.5 Å². The van der Waals surface area contributed by atoms with Crippen molar-refractivity contribution in [3.63, 3.8) is 0 Å². The molecule has 1 atom stereocenters. The molecule has 0 aliphatic heterocycles. The third-order valence-electron chi connectivity index (χ3n) is 3.54. The van der Waals surface area contributed by atoms with E-state index in [1.54, 1.807) is 0 Å². The van der Waals surface area contributed by atoms with Gasteiger partial charge < -0.3 is 5.73 Å². The average Bonchev–Trinajstić information content (AvgIpc) is 2.69. The topological polar surface area (TPSA) is 43.8 Å². The van der Waals surface area contributed by atoms with Crippen LogP contribution in [-0.2, 0) is 19.9 Å². The van der Waals surface area contributed by atoms with Crippen molar-refractivity contribution in [1.29, 1.82) is 0 Å². The van der Waals surface area contributed by atoms with E-state index in [9.17, 15) is 0 Å². The molecule has 0 fully saturated rings. The van der Waals surface area contributed by atoms with Crippen LogP contribution in [-0.4, -0.2) is 9.78 Å². The van der Waals surface area contributed by atoms with Crippen molar-refractivity contribution in [2.24, 2.45) is 12.8 Å². The fourth-order valence-corrected chi connectivity index (χ4v) is 3.36. The van der Waals surface area contributed by atoms with E-state index in [1.165, 1.54) is 0 Å². The van der Waals surface area contributed by atoms with Crippen molar-refractivity contribution in [2.75, 3.05) is 0 Å². The molecule has 0 aliphatic carbocycles. The first-order chi connectivity index (χ1) is 9.45. The summed E-state index contributed by atoms with van der Waals surface area (Å²) in [7, 11) is 1.95. The van der Waals surface area contributed by atoms with Crippen LogP contribution in [0, 0.1) is 6.92 Å². The molecule has 0 saturated heterocycles. The number of halogens is 2. The molecule has 2 aromatic rings. The van der Waals surface area contributed by atoms with Gasteiger partial charge in [-0.05, 0) is 40.4 Å². The van der Waals surface area contributed by atoms with Crippen LogP contribution in [0.3, 0.4) is 0 Å². The fraction of sp³-hybridized carbons (Fsp3) is 0.400. The Hall–Kier alpha value is -0.840. The number of nitrogens with two attached hydrogens (primary N) is 1. The predicted octanol–water partition coefficient (Wildman–Crippen LogP) is 3.95. The first kappa shape index (κ1) is 15.5. The maximum Gasteiger partial charge on any atom is 0.0766 e. The van der Waals surface area contributed by atoms with Crippen molar-refractivity contribution in [3.05, 3.63) is 50.2 Å². The summed E-state index contributed by atoms with van der Waals surface area (Å²) in [6.07, 6.45) is 1.60. The molecule has 1 heterocycles. The van der Waals surface area contributed by atoms with E-state index in [4.69, 9.17) is 17.3 Å². The van der Waals surface area contributed by atoms with Crippen LogP contribution in [0.15, 0.2) is 22.7 Å². The summed E-state index contributed by atoms with van der Waals surface area (Å²) in [5, 5.41) is 5.25. The summed E-state index contributed by atoms with van der Waals surface area (Å²) in [5.41, 5.74) is 10.5. The zero-order valence-electron chi connectivity index (χ0n) is 12.0. The Morgan fingerprint density at radius 2 is 2.15 bits per heavy atom. The van der Waals surface area contributed by atoms with Crippen LogP contribution in [0.5, 0.6) is 0 Å². The molecule has 5 heteroatoms. The molecule has 0 radical (unpaired) electrons. The highest BCUT2D eigenvalue weighted by Gasteiger charge is 2.18. The maximum absolute atomic E-state index is 6.35. The highest BCUT2D eigenvalue weighted by Crippen LogP contribution is 2.30. The normalized spacial score (nSPS) is 12.7. The number of nitrogens with zero attached hydrogens (tertiary/aromatic N) is 2. The Labute approximate surface area is 133 Å². The van der Waals surface area contributed by atoms with Gasteiger partial charge in [0.2, 0.25) is 0 Å². The van der Waals surface area contributed by atoms with Crippen molar-refractivity contribution in [2.45, 2.75) is 32.7 Å². The molecule has 0 bridgehead atoms. The molecular formula is C15H19BrClN3. The van der Waals surface area contributed by atoms with E-state index in [-0.39, 0.29) is 6.04 Å². The quantitative estimate of drug-likeness (QED) is 0.901. The third kappa shape index (κ3) is 2.92. The van der Waals surface area contributed by atoms with Crippen LogP contribution in [0.4, 0.5) is 0 Å². The molecule has 0 aliphatic rings. The number of hydrogen-bond donors (Lipinski definition) is 1. The van der Waals surface area contributed by atoms with E-state index in [0.29, 0.717) is 6.42 Å². The molecule has 1 aromatic heterocycles. The summed E-state index contributed by atoms with van der Waals surface area (Å²) < 4.78 is 2.95. The van der Waals surface area contributed by atoms with Crippen LogP contribution in [0.2, 0.25) is 5.02 Å². The van der Waals surface area contributed by atoms with E-state index in [0.717, 1.165) is 38.4 Å². The molecule has 0 spiro atoms. The molecule has 3 nitrogen and oxygen atoms in total. The lowest BCUT2D eigenvalue weighted by molar-refractivity contribution is 0.637. The van der Waals surface area contributed by atoms with Gasteiger partial charge in [-0.3, -0.25) is 4.68 Å². The number of rotatable bonds is 4. The van der Waals surface area contributed by atoms with Gasteiger partial charge in [0.05, 0.1) is 15.9 Å². The summed E-state index contributed by atoms with van der Waals surface area (Å²) in [6.45, 7) is 4.09. The van der Waals surface area contributed by atoms with Crippen molar-refractivity contribution in [1.82, 2.24) is 9.78 Å². The van der Waals surface area contributed by atoms with Gasteiger partial charge in [-0.1, -0.05) is 36.7 Å². The molecule has 2 rings (SSSR count). The second-order valence-corrected chi connectivity index (χ2v) is 6.14. The summed E-state index contributed by atoms with van der Waals surface area (Å²) in [5.74, 6) is 0. The highest BCUT2D eigenvalue weighted by molar-refractivity contribution is 9.10. The number of aromatic nitrogens is 2. The lowest BCUT2D eigenvalue weighted by Crippen LogP contribution is -2.16. The smallest absolute Gasteiger partial charge is 0.0766 e. The number of hydrogen-bond acceptors (Lipinski definition) is 2. The molecule has 2 N–H and O–H groups in total. The Bertz CT molecular complexity index is 622. The van der Waals surface area contributed by atoms with E-state index < -0.39 is 0 Å². The number of aryl methyl sites for hydroxylation is 3. The molecule has 20 heavy (non-hydrogen) atoms. The Kier molecular flexibility index (Phi) is 4.89. The monoisotopic (exact) mass is 355 g/mol. The lowest BCUT2D eigenvalue weighted by atomic mass is 10.0. The average molecular weight is 357 g/mol. The molecule has 0 saturated carbocycles. The molecule has 1 unspecified atom stereocenters. The van der Waals surface area contributed by atoms with Gasteiger partial charge in [0.1, 0.15) is 0 Å². The minimum Gasteiger partial charge on any atom is -0.324 e. The Morgan fingerprint density at radius 1 is 1.45 bits per heavy atom. The summed E-state index contributed by atoms with van der Waals surface area (Å²) in [4.78, 5) is 0. The number of benzene rings is 1. The van der Waals surface area contributed by atoms with Crippen LogP contribution >= 0.6 is 27.5 Å². The largest absolute Gasteiger partial charge is 0.324 e. The van der Waals surface area contributed by atoms with Crippen molar-refractivity contribution < 1.29 is 0 Å². The van der Waals surface area contributed by atoms with E-state index >= 15 is 0 Å². The summed E-state index contributed by atoms with van der Waals surface area (Å²) >= 11 is 9.98. The molecule has 108 valence electrons. The third-order valence-corrected chi connectivity index (χ3v) is 4.97. The van der Waals surface area contributed by atoms with Crippen LogP contribution in [0.1, 0.15) is 35.5 Å². The van der Waals surface area contributed by atoms with Gasteiger partial charge in [-0.2, -0.15) is 5.10 Å². The van der Waals surface area contributed by atoms with E-state index in [1.807, 2.05) is 36.9 Å². The second-order valence-electron chi connectivity index (χ2n) is 4.97. The van der Waals surface area contributed by atoms with Gasteiger partial charge in [0, 0.05) is 24.5 Å². The Balaban J connectivity index is 2.30. The fourth-order valence-electron chi connectivity index (χ4n) is 2.32. The van der Waals surface area contributed by atoms with E-state index in [2.05, 4.69) is 28.0 Å². The zero-order chi connectivity index (χ0) is 14.9. The minimum absolute atomic E-state index is 0.140. The van der Waals surface area contributed by atoms with Gasteiger partial charge in [-0.15, -0.1) is 0 Å². The van der Waals surface area contributed by atoms with Crippen LogP contribution in [0.25, 0.3) is 0 Å². The van der Waals surface area contributed by atoms with Crippen LogP contribution < -0.4 is 5.73 Å². The molecular weight excluding hydrogens is 338 g/mol. The minimum atomic E-state index is -0.140. The van der Waals surface area contributed by atoms with Gasteiger partial charge in [0.25, 0.3) is 0 Å². The second kappa shape index (κ2) is 6.29. The molecule has 0 amide bonds. The summed E-state index contributed by atoms with van der Waals surface area (Å²) in [6, 6.07) is 5.84.